The van der Waals surface area contributed by atoms with Gasteiger partial charge < -0.3 is 0 Å². The van der Waals surface area contributed by atoms with Gasteiger partial charge >= 0.3 is 0 Å². The van der Waals surface area contributed by atoms with Crippen molar-refractivity contribution in [1.82, 2.24) is 0 Å². The lowest BCUT2D eigenvalue weighted by Crippen LogP contribution is -2.07. The Morgan fingerprint density at radius 1 is 1.54 bits per heavy atom. The molecule has 0 aromatic carbocycles. The number of hydrogen-bond donors (Lipinski definition) is 0. The van der Waals surface area contributed by atoms with Gasteiger partial charge in [0.25, 0.3) is 5.70 Å². The molecule has 0 heterocycles. The van der Waals surface area contributed by atoms with Crippen LogP contribution >= 0.6 is 0 Å². The lowest BCUT2D eigenvalue weighted by molar-refractivity contribution is -0.421. The van der Waals surface area contributed by atoms with Gasteiger partial charge in [-0.1, -0.05) is 6.08 Å². The molecule has 4 nitrogen and oxygen atoms in total. The van der Waals surface area contributed by atoms with Crippen molar-refractivity contribution in [3.8, 4) is 0 Å². The molecule has 13 heavy (non-hydrogen) atoms. The van der Waals surface area contributed by atoms with Crippen molar-refractivity contribution in [2.24, 2.45) is 0 Å². The summed E-state index contributed by atoms with van der Waals surface area (Å²) in [5.41, 5.74) is 0.658. The summed E-state index contributed by atoms with van der Waals surface area (Å²) in [6.45, 7) is 1.44. The van der Waals surface area contributed by atoms with Crippen molar-refractivity contribution >= 4 is 5.78 Å². The zero-order valence-corrected chi connectivity index (χ0v) is 7.45. The third-order valence-corrected chi connectivity index (χ3v) is 1.86. The molecule has 1 aliphatic carbocycles. The Morgan fingerprint density at radius 3 is 2.69 bits per heavy atom. The molecule has 0 fully saturated rings. The third-order valence-electron chi connectivity index (χ3n) is 1.86. The number of ketones is 1. The predicted octanol–water partition coefficient (Wildman–Crippen LogP) is 1.85. The van der Waals surface area contributed by atoms with E-state index in [1.807, 2.05) is 0 Å². The fourth-order valence-electron chi connectivity index (χ4n) is 1.34. The Balaban J connectivity index is 2.81. The molecular weight excluding hydrogens is 170 g/mol. The number of nitro groups is 1. The Morgan fingerprint density at radius 2 is 2.15 bits per heavy atom. The second-order valence-electron chi connectivity index (χ2n) is 3.03. The Labute approximate surface area is 76.1 Å². The van der Waals surface area contributed by atoms with E-state index in [4.69, 9.17) is 0 Å². The Hall–Kier alpha value is -1.45. The third kappa shape index (κ3) is 2.50. The highest BCUT2D eigenvalue weighted by Gasteiger charge is 2.20. The van der Waals surface area contributed by atoms with Crippen molar-refractivity contribution < 1.29 is 9.72 Å². The molecule has 0 spiro atoms. The number of allylic oxidation sites excluding steroid dienone is 3. The van der Waals surface area contributed by atoms with Gasteiger partial charge in [0.05, 0.1) is 4.92 Å². The minimum absolute atomic E-state index is 0.0408. The molecule has 1 rings (SSSR count). The van der Waals surface area contributed by atoms with Crippen molar-refractivity contribution in [3.05, 3.63) is 33.5 Å². The molecule has 70 valence electrons. The topological polar surface area (TPSA) is 60.2 Å². The largest absolute Gasteiger partial charge is 0.300 e. The average molecular weight is 181 g/mol. The summed E-state index contributed by atoms with van der Waals surface area (Å²) < 4.78 is 0. The molecule has 0 saturated heterocycles. The van der Waals surface area contributed by atoms with Gasteiger partial charge in [0.1, 0.15) is 5.78 Å². The van der Waals surface area contributed by atoms with E-state index in [-0.39, 0.29) is 17.9 Å². The fourth-order valence-corrected chi connectivity index (χ4v) is 1.34. The monoisotopic (exact) mass is 181 g/mol. The first-order chi connectivity index (χ1) is 6.11. The molecule has 0 aromatic heterocycles. The molecular formula is C9H11NO3. The first-order valence-electron chi connectivity index (χ1n) is 4.14. The minimum atomic E-state index is -0.423. The highest BCUT2D eigenvalue weighted by atomic mass is 16.6. The van der Waals surface area contributed by atoms with Crippen molar-refractivity contribution in [1.29, 1.82) is 0 Å². The molecule has 0 unspecified atom stereocenters. The number of carbonyl (C=O) groups is 1. The van der Waals surface area contributed by atoms with Crippen molar-refractivity contribution in [3.63, 3.8) is 0 Å². The van der Waals surface area contributed by atoms with Crippen LogP contribution in [-0.4, -0.2) is 10.7 Å². The van der Waals surface area contributed by atoms with Gasteiger partial charge in [-0.2, -0.15) is 0 Å². The van der Waals surface area contributed by atoms with Gasteiger partial charge in [0.2, 0.25) is 0 Å². The standard InChI is InChI=1S/C9H11NO3/c1-7(11)6-8-4-2-3-5-9(8)10(12)13/h4-5H,2-3,6H2,1H3. The maximum absolute atomic E-state index is 10.8. The molecule has 0 aromatic rings. The number of nitrogens with zero attached hydrogens (tertiary/aromatic N) is 1. The van der Waals surface area contributed by atoms with Crippen LogP contribution in [-0.2, 0) is 4.79 Å². The maximum atomic E-state index is 10.8. The van der Waals surface area contributed by atoms with E-state index in [0.29, 0.717) is 12.0 Å². The predicted molar refractivity (Wildman–Crippen MR) is 47.7 cm³/mol. The van der Waals surface area contributed by atoms with E-state index < -0.39 is 4.92 Å². The molecule has 1 aliphatic rings. The van der Waals surface area contributed by atoms with Crippen molar-refractivity contribution in [2.45, 2.75) is 26.2 Å². The number of rotatable bonds is 3. The summed E-state index contributed by atoms with van der Waals surface area (Å²) in [4.78, 5) is 20.9. The summed E-state index contributed by atoms with van der Waals surface area (Å²) in [6, 6.07) is 0. The van der Waals surface area contributed by atoms with Gasteiger partial charge in [-0.15, -0.1) is 0 Å². The lowest BCUT2D eigenvalue weighted by Gasteiger charge is -2.06. The SMILES string of the molecule is CC(=O)CC1=CCCC=C1[N+](=O)[O-]. The first kappa shape index (κ1) is 9.64. The van der Waals surface area contributed by atoms with Gasteiger partial charge in [0, 0.05) is 12.0 Å². The number of Topliss-reactive ketones (excluding diaryl/α,β-unsaturated/α-hetero) is 1. The van der Waals surface area contributed by atoms with E-state index in [1.165, 1.54) is 6.92 Å². The molecule has 0 atom stereocenters. The average Bonchev–Trinajstić information content (AvgIpc) is 2.03. The van der Waals surface area contributed by atoms with Crippen LogP contribution in [0.25, 0.3) is 0 Å². The summed E-state index contributed by atoms with van der Waals surface area (Å²) in [5.74, 6) is -0.0408. The first-order valence-corrected chi connectivity index (χ1v) is 4.14. The zero-order chi connectivity index (χ0) is 9.84. The molecule has 0 saturated carbocycles. The van der Waals surface area contributed by atoms with E-state index in [1.54, 1.807) is 12.2 Å². The molecule has 0 N–H and O–H groups in total. The molecule has 0 radical (unpaired) electrons. The van der Waals surface area contributed by atoms with Gasteiger partial charge in [-0.25, -0.2) is 0 Å². The van der Waals surface area contributed by atoms with Crippen LogP contribution in [0.5, 0.6) is 0 Å². The van der Waals surface area contributed by atoms with Gasteiger partial charge in [0.15, 0.2) is 0 Å². The Bertz CT molecular complexity index is 302. The van der Waals surface area contributed by atoms with Gasteiger partial charge in [-0.05, 0) is 25.8 Å². The van der Waals surface area contributed by atoms with Crippen LogP contribution < -0.4 is 0 Å². The smallest absolute Gasteiger partial charge is 0.268 e. The van der Waals surface area contributed by atoms with Crippen LogP contribution in [0.2, 0.25) is 0 Å². The van der Waals surface area contributed by atoms with E-state index >= 15 is 0 Å². The molecule has 0 amide bonds. The van der Waals surface area contributed by atoms with Crippen LogP contribution in [0.3, 0.4) is 0 Å². The summed E-state index contributed by atoms with van der Waals surface area (Å²) in [5, 5.41) is 10.5. The van der Waals surface area contributed by atoms with Gasteiger partial charge in [-0.3, -0.25) is 14.9 Å². The summed E-state index contributed by atoms with van der Waals surface area (Å²) in [6.07, 6.45) is 5.02. The zero-order valence-electron chi connectivity index (χ0n) is 7.45. The number of carbonyl (C=O) groups excluding carboxylic acids is 1. The van der Waals surface area contributed by atoms with E-state index in [9.17, 15) is 14.9 Å². The maximum Gasteiger partial charge on any atom is 0.268 e. The molecule has 0 bridgehead atoms. The number of hydrogen-bond acceptors (Lipinski definition) is 3. The van der Waals surface area contributed by atoms with Crippen molar-refractivity contribution in [2.75, 3.05) is 0 Å². The van der Waals surface area contributed by atoms with E-state index in [2.05, 4.69) is 0 Å². The summed E-state index contributed by atoms with van der Waals surface area (Å²) >= 11 is 0. The second-order valence-corrected chi connectivity index (χ2v) is 3.03. The van der Waals surface area contributed by atoms with Crippen LogP contribution in [0.1, 0.15) is 26.2 Å². The highest BCUT2D eigenvalue weighted by molar-refractivity contribution is 5.79. The molecule has 0 aliphatic heterocycles. The van der Waals surface area contributed by atoms with Crippen LogP contribution in [0.4, 0.5) is 0 Å². The lowest BCUT2D eigenvalue weighted by atomic mass is 9.99. The van der Waals surface area contributed by atoms with Crippen LogP contribution in [0.15, 0.2) is 23.4 Å². The molecule has 4 heteroatoms. The Kier molecular flexibility index (Phi) is 2.95. The minimum Gasteiger partial charge on any atom is -0.300 e. The quantitative estimate of drug-likeness (QED) is 0.493. The van der Waals surface area contributed by atoms with Crippen LogP contribution in [0, 0.1) is 10.1 Å². The normalized spacial score (nSPS) is 16.1. The second kappa shape index (κ2) is 3.98. The fraction of sp³-hybridized carbons (Fsp3) is 0.444. The van der Waals surface area contributed by atoms with E-state index in [0.717, 1.165) is 6.42 Å². The highest BCUT2D eigenvalue weighted by Crippen LogP contribution is 2.21. The summed E-state index contributed by atoms with van der Waals surface area (Å²) in [7, 11) is 0.